The molecule has 0 radical (unpaired) electrons. The number of ether oxygens (including phenoxy) is 1. The van der Waals surface area contributed by atoms with Crippen molar-refractivity contribution in [2.45, 2.75) is 20.4 Å². The minimum Gasteiger partial charge on any atom is -0.496 e. The second-order valence-corrected chi connectivity index (χ2v) is 7.58. The van der Waals surface area contributed by atoms with Gasteiger partial charge in [-0.15, -0.1) is 0 Å². The van der Waals surface area contributed by atoms with Crippen molar-refractivity contribution in [2.24, 2.45) is 0 Å². The molecule has 0 amide bonds. The summed E-state index contributed by atoms with van der Waals surface area (Å²) in [5, 5.41) is 4.08. The Morgan fingerprint density at radius 3 is 2.81 bits per heavy atom. The molecule has 7 nitrogen and oxygen atoms in total. The van der Waals surface area contributed by atoms with E-state index in [0.29, 0.717) is 36.1 Å². The van der Waals surface area contributed by atoms with Gasteiger partial charge in [0.25, 0.3) is 0 Å². The zero-order chi connectivity index (χ0) is 22.2. The first-order valence-electron chi connectivity index (χ1n) is 10.3. The molecule has 1 N–H and O–H groups in total. The van der Waals surface area contributed by atoms with Gasteiger partial charge in [0, 0.05) is 42.7 Å². The highest BCUT2D eigenvalue weighted by molar-refractivity contribution is 5.88. The first-order chi connectivity index (χ1) is 15.5. The lowest BCUT2D eigenvalue weighted by atomic mass is 10.1. The normalized spacial score (nSPS) is 11.4. The number of nitrogens with zero attached hydrogens (tertiary/aromatic N) is 4. The SMILES string of the molecule is COc1ccc(F)c2c1cc(C)n2CCNc1cc(-c2ccc3nc(C)oc3c2)ncn1. The standard InChI is InChI=1S/C24H22FN5O2/c1-14-10-17-21(31-3)7-5-18(25)24(17)30(14)9-8-26-23-12-20(27-13-28-23)16-4-6-19-22(11-16)32-15(2)29-19/h4-7,10-13H,8-9H2,1-3H3,(H,26,27,28). The second kappa shape index (κ2) is 7.96. The molecule has 0 fully saturated rings. The van der Waals surface area contributed by atoms with Crippen LogP contribution >= 0.6 is 0 Å². The zero-order valence-corrected chi connectivity index (χ0v) is 18.0. The van der Waals surface area contributed by atoms with Crippen molar-refractivity contribution < 1.29 is 13.5 Å². The smallest absolute Gasteiger partial charge is 0.192 e. The number of hydrogen-bond acceptors (Lipinski definition) is 6. The van der Waals surface area contributed by atoms with Crippen LogP contribution in [0.4, 0.5) is 10.2 Å². The van der Waals surface area contributed by atoms with E-state index in [2.05, 4.69) is 20.3 Å². The van der Waals surface area contributed by atoms with Gasteiger partial charge in [0.1, 0.15) is 29.2 Å². The summed E-state index contributed by atoms with van der Waals surface area (Å²) in [4.78, 5) is 13.0. The Balaban J connectivity index is 1.35. The Morgan fingerprint density at radius 2 is 1.97 bits per heavy atom. The van der Waals surface area contributed by atoms with Crippen molar-refractivity contribution in [3.63, 3.8) is 0 Å². The number of fused-ring (bicyclic) bond motifs is 2. The van der Waals surface area contributed by atoms with Crippen LogP contribution in [-0.4, -0.2) is 33.2 Å². The average molecular weight is 431 g/mol. The summed E-state index contributed by atoms with van der Waals surface area (Å²) < 4.78 is 27.5. The molecule has 2 aromatic carbocycles. The van der Waals surface area contributed by atoms with Crippen LogP contribution in [0.3, 0.4) is 0 Å². The molecule has 162 valence electrons. The molecular formula is C24H22FN5O2. The van der Waals surface area contributed by atoms with Crippen LogP contribution in [0.15, 0.2) is 53.2 Å². The number of benzene rings is 2. The number of halogens is 1. The van der Waals surface area contributed by atoms with Gasteiger partial charge in [0.15, 0.2) is 11.5 Å². The molecule has 3 heterocycles. The molecule has 0 aliphatic heterocycles. The van der Waals surface area contributed by atoms with Crippen LogP contribution in [0.1, 0.15) is 11.6 Å². The van der Waals surface area contributed by atoms with Crippen LogP contribution in [0.5, 0.6) is 5.75 Å². The quantitative estimate of drug-likeness (QED) is 0.402. The molecule has 5 aromatic rings. The topological polar surface area (TPSA) is 78.0 Å². The van der Waals surface area contributed by atoms with Gasteiger partial charge in [-0.1, -0.05) is 6.07 Å². The first kappa shape index (κ1) is 20.0. The van der Waals surface area contributed by atoms with E-state index in [9.17, 15) is 4.39 Å². The lowest BCUT2D eigenvalue weighted by molar-refractivity contribution is 0.419. The molecule has 5 rings (SSSR count). The Kier molecular flexibility index (Phi) is 4.97. The molecule has 32 heavy (non-hydrogen) atoms. The van der Waals surface area contributed by atoms with Crippen molar-refractivity contribution in [2.75, 3.05) is 19.0 Å². The molecule has 0 spiro atoms. The van der Waals surface area contributed by atoms with E-state index < -0.39 is 0 Å². The van der Waals surface area contributed by atoms with E-state index in [1.165, 1.54) is 12.4 Å². The summed E-state index contributed by atoms with van der Waals surface area (Å²) in [7, 11) is 1.59. The minimum absolute atomic E-state index is 0.267. The highest BCUT2D eigenvalue weighted by Gasteiger charge is 2.14. The fraction of sp³-hybridized carbons (Fsp3) is 0.208. The maximum absolute atomic E-state index is 14.6. The molecular weight excluding hydrogens is 409 g/mol. The maximum Gasteiger partial charge on any atom is 0.192 e. The summed E-state index contributed by atoms with van der Waals surface area (Å²) in [5.41, 5.74) is 4.74. The summed E-state index contributed by atoms with van der Waals surface area (Å²) in [6.07, 6.45) is 1.52. The van der Waals surface area contributed by atoms with Gasteiger partial charge in [-0.3, -0.25) is 0 Å². The summed E-state index contributed by atoms with van der Waals surface area (Å²) >= 11 is 0. The zero-order valence-electron chi connectivity index (χ0n) is 18.0. The van der Waals surface area contributed by atoms with Gasteiger partial charge in [-0.25, -0.2) is 19.3 Å². The second-order valence-electron chi connectivity index (χ2n) is 7.58. The van der Waals surface area contributed by atoms with Crippen LogP contribution in [0.2, 0.25) is 0 Å². The van der Waals surface area contributed by atoms with Crippen LogP contribution < -0.4 is 10.1 Å². The van der Waals surface area contributed by atoms with E-state index >= 15 is 0 Å². The highest BCUT2D eigenvalue weighted by atomic mass is 19.1. The Morgan fingerprint density at radius 1 is 1.09 bits per heavy atom. The predicted molar refractivity (Wildman–Crippen MR) is 121 cm³/mol. The summed E-state index contributed by atoms with van der Waals surface area (Å²) in [5.74, 6) is 1.71. The van der Waals surface area contributed by atoms with Crippen LogP contribution in [-0.2, 0) is 6.54 Å². The monoisotopic (exact) mass is 431 g/mol. The number of aromatic nitrogens is 4. The molecule has 0 unspecified atom stereocenters. The molecule has 8 heteroatoms. The summed E-state index contributed by atoms with van der Waals surface area (Å²) in [6.45, 7) is 4.92. The number of oxazole rings is 1. The van der Waals surface area contributed by atoms with E-state index in [-0.39, 0.29) is 5.82 Å². The molecule has 0 aliphatic carbocycles. The lowest BCUT2D eigenvalue weighted by Crippen LogP contribution is -2.13. The minimum atomic E-state index is -0.267. The van der Waals surface area contributed by atoms with Crippen LogP contribution in [0.25, 0.3) is 33.3 Å². The number of hydrogen-bond donors (Lipinski definition) is 1. The lowest BCUT2D eigenvalue weighted by Gasteiger charge is -2.11. The Hall–Kier alpha value is -3.94. The van der Waals surface area contributed by atoms with Gasteiger partial charge >= 0.3 is 0 Å². The Labute approximate surface area is 183 Å². The number of anilines is 1. The highest BCUT2D eigenvalue weighted by Crippen LogP contribution is 2.31. The van der Waals surface area contributed by atoms with Crippen molar-refractivity contribution in [3.8, 4) is 17.0 Å². The molecule has 3 aromatic heterocycles. The molecule has 0 bridgehead atoms. The molecule has 0 saturated heterocycles. The van der Waals surface area contributed by atoms with Gasteiger partial charge in [0.2, 0.25) is 0 Å². The molecule has 0 atom stereocenters. The summed E-state index contributed by atoms with van der Waals surface area (Å²) in [6, 6.07) is 12.7. The van der Waals surface area contributed by atoms with Crippen molar-refractivity contribution in [3.05, 3.63) is 66.2 Å². The predicted octanol–water partition coefficient (Wildman–Crippen LogP) is 5.12. The third-order valence-corrected chi connectivity index (χ3v) is 5.50. The number of rotatable bonds is 6. The van der Waals surface area contributed by atoms with Crippen molar-refractivity contribution in [1.82, 2.24) is 19.5 Å². The third kappa shape index (κ3) is 3.53. The van der Waals surface area contributed by atoms with E-state index in [4.69, 9.17) is 9.15 Å². The first-order valence-corrected chi connectivity index (χ1v) is 10.3. The van der Waals surface area contributed by atoms with Crippen molar-refractivity contribution in [1.29, 1.82) is 0 Å². The van der Waals surface area contributed by atoms with E-state index in [1.807, 2.05) is 48.7 Å². The van der Waals surface area contributed by atoms with E-state index in [0.717, 1.165) is 33.4 Å². The van der Waals surface area contributed by atoms with Gasteiger partial charge in [-0.05, 0) is 37.3 Å². The van der Waals surface area contributed by atoms with Crippen LogP contribution in [0, 0.1) is 19.7 Å². The fourth-order valence-corrected chi connectivity index (χ4v) is 4.01. The molecule has 0 saturated carbocycles. The third-order valence-electron chi connectivity index (χ3n) is 5.50. The number of methoxy groups -OCH3 is 1. The fourth-order valence-electron chi connectivity index (χ4n) is 4.01. The maximum atomic E-state index is 14.6. The van der Waals surface area contributed by atoms with Gasteiger partial charge in [0.05, 0.1) is 18.3 Å². The van der Waals surface area contributed by atoms with Crippen molar-refractivity contribution >= 4 is 27.8 Å². The van der Waals surface area contributed by atoms with E-state index in [1.54, 1.807) is 13.2 Å². The average Bonchev–Trinajstić information content (AvgIpc) is 3.33. The van der Waals surface area contributed by atoms with Gasteiger partial charge in [-0.2, -0.15) is 0 Å². The largest absolute Gasteiger partial charge is 0.496 e. The van der Waals surface area contributed by atoms with Gasteiger partial charge < -0.3 is 19.0 Å². The molecule has 0 aliphatic rings. The number of nitrogens with one attached hydrogen (secondary N) is 1. The number of aryl methyl sites for hydroxylation is 2. The Bertz CT molecular complexity index is 1440.